The van der Waals surface area contributed by atoms with Crippen LogP contribution >= 0.6 is 11.3 Å². The lowest BCUT2D eigenvalue weighted by atomic mass is 9.94. The van der Waals surface area contributed by atoms with Crippen molar-refractivity contribution in [3.8, 4) is 56.4 Å². The number of aliphatic imine (C=N–C) groups is 2. The van der Waals surface area contributed by atoms with E-state index in [2.05, 4.69) is 115 Å². The van der Waals surface area contributed by atoms with Gasteiger partial charge in [0.05, 0.1) is 0 Å². The molecule has 8 aromatic carbocycles. The van der Waals surface area contributed by atoms with Crippen LogP contribution in [0.25, 0.3) is 76.6 Å². The van der Waals surface area contributed by atoms with Crippen LogP contribution in [-0.4, -0.2) is 26.6 Å². The summed E-state index contributed by atoms with van der Waals surface area (Å²) < 4.78 is 2.49. The van der Waals surface area contributed by atoms with Crippen LogP contribution in [0.3, 0.4) is 0 Å². The van der Waals surface area contributed by atoms with Gasteiger partial charge in [0.1, 0.15) is 12.0 Å². The van der Waals surface area contributed by atoms with Gasteiger partial charge < -0.3 is 5.32 Å². The molecule has 0 radical (unpaired) electrons. The van der Waals surface area contributed by atoms with Gasteiger partial charge in [-0.1, -0.05) is 176 Å². The van der Waals surface area contributed by atoms with E-state index in [0.717, 1.165) is 50.3 Å². The average molecular weight is 801 g/mol. The maximum absolute atomic E-state index is 5.36. The molecular formula is C54H36N6S. The van der Waals surface area contributed by atoms with Gasteiger partial charge in [-0.05, 0) is 58.1 Å². The molecule has 61 heavy (non-hydrogen) atoms. The second kappa shape index (κ2) is 15.7. The summed E-state index contributed by atoms with van der Waals surface area (Å²) in [7, 11) is 0. The fourth-order valence-corrected chi connectivity index (χ4v) is 9.00. The second-order valence-corrected chi connectivity index (χ2v) is 16.0. The Labute approximate surface area is 357 Å². The van der Waals surface area contributed by atoms with E-state index in [9.17, 15) is 0 Å². The summed E-state index contributed by atoms with van der Waals surface area (Å²) in [6, 6.07) is 71.3. The van der Waals surface area contributed by atoms with Crippen LogP contribution in [0, 0.1) is 0 Å². The van der Waals surface area contributed by atoms with Crippen molar-refractivity contribution >= 4 is 43.2 Å². The Bertz CT molecular complexity index is 3200. The van der Waals surface area contributed by atoms with E-state index in [4.69, 9.17) is 24.9 Å². The standard InChI is InChI=1S/C54H36N6S/c1-6-16-35(17-7-1)40-27-30-47-44(32-40)45-33-41(28-31-48(45)61-47)43-29-26-42(53-57-49(36-18-8-2-9-19-36)55-50(58-53)37-20-10-3-11-21-37)34-46(43)54-59-51(38-22-12-4-13-23-38)56-52(60-54)39-24-14-5-15-25-39/h1-34,51H,(H,56,59,60). The van der Waals surface area contributed by atoms with Gasteiger partial charge in [-0.3, -0.25) is 0 Å². The number of aromatic nitrogens is 3. The van der Waals surface area contributed by atoms with E-state index in [0.29, 0.717) is 23.3 Å². The van der Waals surface area contributed by atoms with E-state index in [-0.39, 0.29) is 6.17 Å². The van der Waals surface area contributed by atoms with Crippen molar-refractivity contribution < 1.29 is 0 Å². The summed E-state index contributed by atoms with van der Waals surface area (Å²) in [5, 5.41) is 6.08. The molecule has 0 saturated carbocycles. The molecule has 1 N–H and O–H groups in total. The molecule has 7 heteroatoms. The number of nitrogens with one attached hydrogen (secondary N) is 1. The molecule has 0 aliphatic carbocycles. The van der Waals surface area contributed by atoms with Crippen LogP contribution < -0.4 is 5.32 Å². The first kappa shape index (κ1) is 36.2. The number of fused-ring (bicyclic) bond motifs is 3. The van der Waals surface area contributed by atoms with Crippen LogP contribution in [-0.2, 0) is 0 Å². The Kier molecular flexibility index (Phi) is 9.33. The molecule has 0 amide bonds. The van der Waals surface area contributed by atoms with Crippen LogP contribution in [0.5, 0.6) is 0 Å². The van der Waals surface area contributed by atoms with Crippen molar-refractivity contribution in [3.05, 3.63) is 223 Å². The maximum atomic E-state index is 5.36. The number of hydrogen-bond donors (Lipinski definition) is 1. The average Bonchev–Trinajstić information content (AvgIpc) is 3.72. The molecule has 0 bridgehead atoms. The molecule has 10 aromatic rings. The third-order valence-electron chi connectivity index (χ3n) is 11.0. The fourth-order valence-electron chi connectivity index (χ4n) is 7.93. The van der Waals surface area contributed by atoms with Gasteiger partial charge in [-0.2, -0.15) is 0 Å². The highest BCUT2D eigenvalue weighted by Gasteiger charge is 2.24. The van der Waals surface area contributed by atoms with E-state index in [1.807, 2.05) is 108 Å². The molecule has 6 nitrogen and oxygen atoms in total. The highest BCUT2D eigenvalue weighted by Crippen LogP contribution is 2.40. The number of amidine groups is 2. The molecular weight excluding hydrogens is 765 g/mol. The largest absolute Gasteiger partial charge is 0.344 e. The first-order valence-electron chi connectivity index (χ1n) is 20.3. The summed E-state index contributed by atoms with van der Waals surface area (Å²) in [6.45, 7) is 0. The van der Waals surface area contributed by atoms with E-state index in [1.54, 1.807) is 0 Å². The lowest BCUT2D eigenvalue weighted by molar-refractivity contribution is 0.674. The summed E-state index contributed by atoms with van der Waals surface area (Å²) in [6.07, 6.45) is -0.369. The van der Waals surface area contributed by atoms with Crippen LogP contribution in [0.4, 0.5) is 0 Å². The van der Waals surface area contributed by atoms with Crippen LogP contribution in [0.15, 0.2) is 216 Å². The Balaban J connectivity index is 1.13. The van der Waals surface area contributed by atoms with Gasteiger partial charge >= 0.3 is 0 Å². The summed E-state index contributed by atoms with van der Waals surface area (Å²) in [5.74, 6) is 3.14. The number of hydrogen-bond acceptors (Lipinski definition) is 7. The van der Waals surface area contributed by atoms with Gasteiger partial charge in [0.25, 0.3) is 0 Å². The molecule has 3 heterocycles. The summed E-state index contributed by atoms with van der Waals surface area (Å²) in [4.78, 5) is 25.8. The second-order valence-electron chi connectivity index (χ2n) is 14.9. The van der Waals surface area contributed by atoms with E-state index < -0.39 is 0 Å². The minimum absolute atomic E-state index is 0.369. The zero-order chi connectivity index (χ0) is 40.5. The Hall–Kier alpha value is -7.87. The van der Waals surface area contributed by atoms with Gasteiger partial charge in [0.15, 0.2) is 23.3 Å². The number of rotatable bonds is 8. The topological polar surface area (TPSA) is 75.4 Å². The quantitative estimate of drug-likeness (QED) is 0.166. The lowest BCUT2D eigenvalue weighted by Gasteiger charge is -2.24. The van der Waals surface area contributed by atoms with Crippen LogP contribution in [0.2, 0.25) is 0 Å². The molecule has 0 fully saturated rings. The van der Waals surface area contributed by atoms with Crippen molar-refractivity contribution in [2.45, 2.75) is 6.17 Å². The van der Waals surface area contributed by atoms with Crippen molar-refractivity contribution in [1.82, 2.24) is 20.3 Å². The van der Waals surface area contributed by atoms with Gasteiger partial charge in [-0.25, -0.2) is 24.9 Å². The zero-order valence-electron chi connectivity index (χ0n) is 32.9. The van der Waals surface area contributed by atoms with Crippen molar-refractivity contribution in [2.75, 3.05) is 0 Å². The minimum atomic E-state index is -0.369. The SMILES string of the molecule is c1ccc(C2=NC(c3cc(-c4nc(-c5ccccc5)nc(-c5ccccc5)n4)ccc3-c3ccc4sc5ccc(-c6ccccc6)cc5c4c3)=NC(c3ccccc3)N2)cc1. The number of thiophene rings is 1. The van der Waals surface area contributed by atoms with Gasteiger partial charge in [0.2, 0.25) is 0 Å². The molecule has 1 aliphatic heterocycles. The third kappa shape index (κ3) is 7.17. The summed E-state index contributed by atoms with van der Waals surface area (Å²) >= 11 is 1.82. The van der Waals surface area contributed by atoms with E-state index >= 15 is 0 Å². The molecule has 0 spiro atoms. The Morgan fingerprint density at radius 2 is 0.852 bits per heavy atom. The lowest BCUT2D eigenvalue weighted by Crippen LogP contribution is -2.33. The molecule has 2 aromatic heterocycles. The molecule has 0 saturated heterocycles. The summed E-state index contributed by atoms with van der Waals surface area (Å²) in [5.41, 5.74) is 10.0. The minimum Gasteiger partial charge on any atom is -0.344 e. The van der Waals surface area contributed by atoms with Crippen molar-refractivity contribution in [3.63, 3.8) is 0 Å². The number of benzene rings is 8. The maximum Gasteiger partial charge on any atom is 0.164 e. The predicted octanol–water partition coefficient (Wildman–Crippen LogP) is 13.1. The van der Waals surface area contributed by atoms with Crippen molar-refractivity contribution in [1.29, 1.82) is 0 Å². The molecule has 1 unspecified atom stereocenters. The first-order chi connectivity index (χ1) is 30.2. The van der Waals surface area contributed by atoms with E-state index in [1.165, 1.54) is 31.3 Å². The Morgan fingerprint density at radius 1 is 0.377 bits per heavy atom. The smallest absolute Gasteiger partial charge is 0.164 e. The molecule has 11 rings (SSSR count). The van der Waals surface area contributed by atoms with Gasteiger partial charge in [0, 0.05) is 48.0 Å². The normalized spacial score (nSPS) is 13.7. The predicted molar refractivity (Wildman–Crippen MR) is 252 cm³/mol. The highest BCUT2D eigenvalue weighted by atomic mass is 32.1. The van der Waals surface area contributed by atoms with Crippen molar-refractivity contribution in [2.24, 2.45) is 9.98 Å². The zero-order valence-corrected chi connectivity index (χ0v) is 33.7. The molecule has 1 aliphatic rings. The monoisotopic (exact) mass is 800 g/mol. The molecule has 288 valence electrons. The van der Waals surface area contributed by atoms with Gasteiger partial charge in [-0.15, -0.1) is 11.3 Å². The molecule has 1 atom stereocenters. The number of nitrogens with zero attached hydrogens (tertiary/aromatic N) is 5. The van der Waals surface area contributed by atoms with Crippen LogP contribution in [0.1, 0.15) is 22.9 Å². The third-order valence-corrected chi connectivity index (χ3v) is 12.2. The first-order valence-corrected chi connectivity index (χ1v) is 21.1. The fraction of sp³-hybridized carbons (Fsp3) is 0.0185. The highest BCUT2D eigenvalue weighted by molar-refractivity contribution is 7.25. The Morgan fingerprint density at radius 3 is 1.44 bits per heavy atom.